The van der Waals surface area contributed by atoms with Crippen molar-refractivity contribution >= 4 is 49.4 Å². The highest BCUT2D eigenvalue weighted by atomic mass is 79.9. The minimum Gasteiger partial charge on any atom is -0.383 e. The Labute approximate surface area is 207 Å². The molecule has 34 heavy (non-hydrogen) atoms. The molecule has 0 aliphatic heterocycles. The third-order valence-corrected chi connectivity index (χ3v) is 6.56. The predicted molar refractivity (Wildman–Crippen MR) is 147 cm³/mol. The number of fused-ring (bicyclic) bond motifs is 3. The van der Waals surface area contributed by atoms with Gasteiger partial charge in [-0.3, -0.25) is 4.57 Å². The van der Waals surface area contributed by atoms with Crippen molar-refractivity contribution in [2.45, 2.75) is 19.5 Å². The van der Waals surface area contributed by atoms with Crippen molar-refractivity contribution in [1.29, 1.82) is 0 Å². The topological polar surface area (TPSA) is 55.7 Å². The van der Waals surface area contributed by atoms with Gasteiger partial charge in [0.2, 0.25) is 0 Å². The summed E-state index contributed by atoms with van der Waals surface area (Å²) in [5.41, 5.74) is 9.62. The summed E-state index contributed by atoms with van der Waals surface area (Å²) in [5.74, 6) is 1.29. The lowest BCUT2D eigenvalue weighted by Crippen LogP contribution is -2.26. The van der Waals surface area contributed by atoms with Crippen LogP contribution in [0.5, 0.6) is 0 Å². The molecule has 0 fully saturated rings. The van der Waals surface area contributed by atoms with Gasteiger partial charge in [0.1, 0.15) is 11.7 Å². The first-order chi connectivity index (χ1) is 16.5. The summed E-state index contributed by atoms with van der Waals surface area (Å²) in [7, 11) is 0. The number of halogens is 1. The van der Waals surface area contributed by atoms with Crippen LogP contribution in [0.4, 0.5) is 0 Å². The van der Waals surface area contributed by atoms with Gasteiger partial charge < -0.3 is 5.73 Å². The number of para-hydroxylation sites is 1. The minimum absolute atomic E-state index is 0.453. The van der Waals surface area contributed by atoms with Crippen molar-refractivity contribution < 1.29 is 0 Å². The molecular formula is C29H25BrN4. The third-order valence-electron chi connectivity index (χ3n) is 6.07. The Balaban J connectivity index is 1.73. The Morgan fingerprint density at radius 2 is 1.38 bits per heavy atom. The summed E-state index contributed by atoms with van der Waals surface area (Å²) in [4.78, 5) is 10.2. The molecule has 4 aromatic carbocycles. The minimum atomic E-state index is -0.904. The van der Waals surface area contributed by atoms with E-state index in [0.717, 1.165) is 32.5 Å². The predicted octanol–water partition coefficient (Wildman–Crippen LogP) is 7.10. The second-order valence-corrected chi connectivity index (χ2v) is 9.34. The molecule has 5 aromatic rings. The van der Waals surface area contributed by atoms with Crippen LogP contribution in [-0.4, -0.2) is 16.2 Å². The SMILES string of the molecule is C/C(=N\C(C)(/N=C(\N)c1ccccc1)c1ccccc1)n1c2ccccc2c2cc(Br)ccc21. The quantitative estimate of drug-likeness (QED) is 0.204. The second kappa shape index (κ2) is 8.92. The molecule has 5 rings (SSSR count). The number of aromatic nitrogens is 1. The van der Waals surface area contributed by atoms with Crippen LogP contribution in [0.3, 0.4) is 0 Å². The zero-order valence-corrected chi connectivity index (χ0v) is 20.7. The Morgan fingerprint density at radius 1 is 0.765 bits per heavy atom. The highest BCUT2D eigenvalue weighted by molar-refractivity contribution is 9.10. The summed E-state index contributed by atoms with van der Waals surface area (Å²) in [5, 5.41) is 2.36. The van der Waals surface area contributed by atoms with Crippen LogP contribution >= 0.6 is 15.9 Å². The summed E-state index contributed by atoms with van der Waals surface area (Å²) in [6.45, 7) is 4.04. The van der Waals surface area contributed by atoms with E-state index in [9.17, 15) is 0 Å². The number of hydrogen-bond acceptors (Lipinski definition) is 2. The van der Waals surface area contributed by atoms with Crippen LogP contribution in [0.15, 0.2) is 118 Å². The van der Waals surface area contributed by atoms with Gasteiger partial charge in [-0.1, -0.05) is 94.8 Å². The highest BCUT2D eigenvalue weighted by Gasteiger charge is 2.27. The lowest BCUT2D eigenvalue weighted by Gasteiger charge is -2.24. The molecule has 168 valence electrons. The average molecular weight is 509 g/mol. The average Bonchev–Trinajstić information content (AvgIpc) is 3.19. The Kier molecular flexibility index (Phi) is 5.80. The molecule has 1 atom stereocenters. The van der Waals surface area contributed by atoms with Gasteiger partial charge in [0, 0.05) is 26.4 Å². The second-order valence-electron chi connectivity index (χ2n) is 8.42. The monoisotopic (exact) mass is 508 g/mol. The number of aliphatic imine (C=N–C) groups is 2. The van der Waals surface area contributed by atoms with Gasteiger partial charge in [-0.05, 0) is 38.1 Å². The molecule has 0 saturated carbocycles. The van der Waals surface area contributed by atoms with Crippen molar-refractivity contribution in [3.8, 4) is 0 Å². The fourth-order valence-electron chi connectivity index (χ4n) is 4.47. The standard InChI is InChI=1S/C29H25BrN4/c1-20(34-26-16-10-9-15-24(26)25-19-23(30)17-18-27(25)34)32-29(2,22-13-7-4-8-14-22)33-28(31)21-11-5-3-6-12-21/h3-19H,1-2H3,(H2,31,33)/b32-20+. The molecule has 0 saturated heterocycles. The number of hydrogen-bond donors (Lipinski definition) is 1. The Hall–Kier alpha value is -3.70. The molecule has 1 unspecified atom stereocenters. The summed E-state index contributed by atoms with van der Waals surface area (Å²) >= 11 is 3.62. The molecule has 0 spiro atoms. The van der Waals surface area contributed by atoms with Crippen molar-refractivity contribution in [2.75, 3.05) is 0 Å². The van der Waals surface area contributed by atoms with E-state index in [4.69, 9.17) is 15.7 Å². The molecule has 0 aliphatic carbocycles. The normalized spacial score (nSPS) is 14.4. The Morgan fingerprint density at radius 3 is 2.12 bits per heavy atom. The van der Waals surface area contributed by atoms with Crippen LogP contribution in [-0.2, 0) is 5.66 Å². The number of nitrogens with zero attached hydrogens (tertiary/aromatic N) is 3. The van der Waals surface area contributed by atoms with Gasteiger partial charge in [-0.15, -0.1) is 0 Å². The van der Waals surface area contributed by atoms with Gasteiger partial charge in [0.05, 0.1) is 11.0 Å². The number of amidine groups is 1. The molecule has 0 aliphatic rings. The van der Waals surface area contributed by atoms with Crippen LogP contribution in [0.25, 0.3) is 21.8 Å². The maximum absolute atomic E-state index is 6.48. The van der Waals surface area contributed by atoms with E-state index in [1.165, 1.54) is 10.8 Å². The third kappa shape index (κ3) is 4.03. The first-order valence-electron chi connectivity index (χ1n) is 11.2. The van der Waals surface area contributed by atoms with Gasteiger partial charge >= 0.3 is 0 Å². The van der Waals surface area contributed by atoms with E-state index < -0.39 is 5.66 Å². The van der Waals surface area contributed by atoms with Gasteiger partial charge in [0.15, 0.2) is 5.66 Å². The lowest BCUT2D eigenvalue weighted by molar-refractivity contribution is 0.526. The molecule has 4 nitrogen and oxygen atoms in total. The molecular weight excluding hydrogens is 484 g/mol. The Bertz CT molecular complexity index is 1530. The highest BCUT2D eigenvalue weighted by Crippen LogP contribution is 2.33. The molecule has 1 aromatic heterocycles. The molecule has 2 N–H and O–H groups in total. The van der Waals surface area contributed by atoms with Gasteiger partial charge in [0.25, 0.3) is 0 Å². The van der Waals surface area contributed by atoms with E-state index in [1.807, 2.05) is 74.5 Å². The number of nitrogens with two attached hydrogens (primary N) is 1. The summed E-state index contributed by atoms with van der Waals surface area (Å²) in [6.07, 6.45) is 0. The van der Waals surface area contributed by atoms with Gasteiger partial charge in [-0.25, -0.2) is 9.98 Å². The lowest BCUT2D eigenvalue weighted by atomic mass is 10.0. The van der Waals surface area contributed by atoms with Crippen LogP contribution in [0.2, 0.25) is 0 Å². The first-order valence-corrected chi connectivity index (χ1v) is 12.0. The molecule has 1 heterocycles. The smallest absolute Gasteiger partial charge is 0.177 e. The fourth-order valence-corrected chi connectivity index (χ4v) is 4.84. The molecule has 0 amide bonds. The first kappa shape index (κ1) is 22.1. The zero-order chi connectivity index (χ0) is 23.7. The molecule has 0 radical (unpaired) electrons. The van der Waals surface area contributed by atoms with Crippen LogP contribution in [0, 0.1) is 0 Å². The number of benzene rings is 4. The van der Waals surface area contributed by atoms with E-state index in [1.54, 1.807) is 0 Å². The van der Waals surface area contributed by atoms with Gasteiger partial charge in [-0.2, -0.15) is 0 Å². The van der Waals surface area contributed by atoms with E-state index in [2.05, 4.69) is 63.0 Å². The van der Waals surface area contributed by atoms with Crippen molar-refractivity contribution in [2.24, 2.45) is 15.7 Å². The van der Waals surface area contributed by atoms with Crippen molar-refractivity contribution in [1.82, 2.24) is 4.57 Å². The summed E-state index contributed by atoms with van der Waals surface area (Å²) in [6, 6.07) is 34.7. The van der Waals surface area contributed by atoms with Crippen LogP contribution < -0.4 is 5.73 Å². The number of rotatable bonds is 4. The van der Waals surface area contributed by atoms with Crippen molar-refractivity contribution in [3.05, 3.63) is 119 Å². The zero-order valence-electron chi connectivity index (χ0n) is 19.1. The van der Waals surface area contributed by atoms with E-state index in [0.29, 0.717) is 5.84 Å². The molecule has 5 heteroatoms. The van der Waals surface area contributed by atoms with Crippen LogP contribution in [0.1, 0.15) is 25.0 Å². The van der Waals surface area contributed by atoms with E-state index in [-0.39, 0.29) is 0 Å². The maximum atomic E-state index is 6.48. The maximum Gasteiger partial charge on any atom is 0.177 e. The van der Waals surface area contributed by atoms with Crippen molar-refractivity contribution in [3.63, 3.8) is 0 Å². The summed E-state index contributed by atoms with van der Waals surface area (Å²) < 4.78 is 3.25. The largest absolute Gasteiger partial charge is 0.383 e. The fraction of sp³-hybridized carbons (Fsp3) is 0.103. The molecule has 0 bridgehead atoms. The van der Waals surface area contributed by atoms with E-state index >= 15 is 0 Å².